The van der Waals surface area contributed by atoms with E-state index in [9.17, 15) is 20.4 Å². The second-order valence-electron chi connectivity index (χ2n) is 6.27. The van der Waals surface area contributed by atoms with E-state index in [1.54, 1.807) is 29.4 Å². The zero-order valence-corrected chi connectivity index (χ0v) is 14.2. The van der Waals surface area contributed by atoms with E-state index in [1.165, 1.54) is 0 Å². The van der Waals surface area contributed by atoms with Crippen molar-refractivity contribution in [3.05, 3.63) is 60.2 Å². The van der Waals surface area contributed by atoms with Crippen molar-refractivity contribution < 1.29 is 25.2 Å². The third kappa shape index (κ3) is 4.24. The van der Waals surface area contributed by atoms with Crippen LogP contribution >= 0.6 is 0 Å². The molecule has 2 aromatic heterocycles. The van der Waals surface area contributed by atoms with Crippen LogP contribution in [0.3, 0.4) is 0 Å². The van der Waals surface area contributed by atoms with E-state index in [2.05, 4.69) is 9.97 Å². The van der Waals surface area contributed by atoms with Crippen LogP contribution in [-0.4, -0.2) is 72.5 Å². The summed E-state index contributed by atoms with van der Waals surface area (Å²) >= 11 is 0. The van der Waals surface area contributed by atoms with Crippen molar-refractivity contribution in [2.24, 2.45) is 0 Å². The van der Waals surface area contributed by atoms with Crippen LogP contribution < -0.4 is 0 Å². The third-order valence-corrected chi connectivity index (χ3v) is 4.41. The van der Waals surface area contributed by atoms with Gasteiger partial charge < -0.3 is 25.2 Å². The number of hydrogen-bond acceptors (Lipinski definition) is 8. The summed E-state index contributed by atoms with van der Waals surface area (Å²) in [5.41, 5.74) is 1.50. The number of pyridine rings is 2. The first-order valence-corrected chi connectivity index (χ1v) is 8.44. The highest BCUT2D eigenvalue weighted by Crippen LogP contribution is 2.25. The molecule has 1 saturated heterocycles. The van der Waals surface area contributed by atoms with Crippen LogP contribution in [0.2, 0.25) is 0 Å². The monoisotopic (exact) mass is 361 g/mol. The molecule has 0 aromatic carbocycles. The summed E-state index contributed by atoms with van der Waals surface area (Å²) in [5, 5.41) is 40.0. The Labute approximate surface area is 151 Å². The molecule has 0 spiro atoms. The summed E-state index contributed by atoms with van der Waals surface area (Å²) in [5.74, 6) is 0. The van der Waals surface area contributed by atoms with E-state index < -0.39 is 37.3 Å². The van der Waals surface area contributed by atoms with Gasteiger partial charge in [-0.25, -0.2) is 0 Å². The molecular weight excluding hydrogens is 338 g/mol. The van der Waals surface area contributed by atoms with E-state index in [4.69, 9.17) is 4.74 Å². The number of aromatic nitrogens is 2. The van der Waals surface area contributed by atoms with Crippen molar-refractivity contribution in [3.8, 4) is 0 Å². The summed E-state index contributed by atoms with van der Waals surface area (Å²) in [6, 6.07) is 11.0. The van der Waals surface area contributed by atoms with Gasteiger partial charge in [-0.2, -0.15) is 0 Å². The Hall–Kier alpha value is -1.94. The number of ether oxygens (including phenoxy) is 1. The maximum atomic E-state index is 10.4. The molecule has 8 nitrogen and oxygen atoms in total. The molecule has 3 rings (SSSR count). The smallest absolute Gasteiger partial charge is 0.140 e. The van der Waals surface area contributed by atoms with Gasteiger partial charge in [-0.3, -0.25) is 14.9 Å². The van der Waals surface area contributed by atoms with Crippen molar-refractivity contribution >= 4 is 0 Å². The molecule has 8 heteroatoms. The number of nitrogens with zero attached hydrogens (tertiary/aromatic N) is 3. The van der Waals surface area contributed by atoms with Gasteiger partial charge in [-0.1, -0.05) is 12.1 Å². The van der Waals surface area contributed by atoms with Crippen LogP contribution in [0.4, 0.5) is 0 Å². The second kappa shape index (κ2) is 8.63. The lowest BCUT2D eigenvalue weighted by molar-refractivity contribution is -0.268. The quantitative estimate of drug-likeness (QED) is 0.532. The molecule has 5 atom stereocenters. The fraction of sp³-hybridized carbons (Fsp3) is 0.444. The molecular formula is C18H23N3O5. The maximum absolute atomic E-state index is 10.4. The molecule has 4 N–H and O–H groups in total. The molecule has 26 heavy (non-hydrogen) atoms. The first-order chi connectivity index (χ1) is 12.6. The number of rotatable bonds is 6. The van der Waals surface area contributed by atoms with E-state index in [-0.39, 0.29) is 0 Å². The highest BCUT2D eigenvalue weighted by molar-refractivity contribution is 5.07. The predicted molar refractivity (Wildman–Crippen MR) is 91.5 cm³/mol. The van der Waals surface area contributed by atoms with Crippen LogP contribution in [0, 0.1) is 0 Å². The number of aliphatic hydroxyl groups is 4. The van der Waals surface area contributed by atoms with Crippen LogP contribution in [0.5, 0.6) is 0 Å². The van der Waals surface area contributed by atoms with Crippen LogP contribution in [0.1, 0.15) is 11.4 Å². The van der Waals surface area contributed by atoms with Gasteiger partial charge in [-0.15, -0.1) is 0 Å². The van der Waals surface area contributed by atoms with Crippen LogP contribution in [0.15, 0.2) is 48.8 Å². The van der Waals surface area contributed by atoms with Crippen molar-refractivity contribution in [2.45, 2.75) is 43.7 Å². The van der Waals surface area contributed by atoms with Gasteiger partial charge in [0.25, 0.3) is 0 Å². The molecule has 140 valence electrons. The highest BCUT2D eigenvalue weighted by atomic mass is 16.6. The zero-order chi connectivity index (χ0) is 18.5. The zero-order valence-electron chi connectivity index (χ0n) is 14.2. The Bertz CT molecular complexity index is 632. The average molecular weight is 361 g/mol. The normalized spacial score (nSPS) is 29.0. The lowest BCUT2D eigenvalue weighted by atomic mass is 9.97. The first kappa shape index (κ1) is 18.8. The van der Waals surface area contributed by atoms with Crippen molar-refractivity contribution in [1.29, 1.82) is 0 Å². The minimum atomic E-state index is -1.43. The Morgan fingerprint density at radius 2 is 1.42 bits per heavy atom. The van der Waals surface area contributed by atoms with Crippen LogP contribution in [0.25, 0.3) is 0 Å². The van der Waals surface area contributed by atoms with Gasteiger partial charge >= 0.3 is 0 Å². The Kier molecular flexibility index (Phi) is 6.25. The first-order valence-electron chi connectivity index (χ1n) is 8.44. The van der Waals surface area contributed by atoms with Gasteiger partial charge in [0.2, 0.25) is 0 Å². The summed E-state index contributed by atoms with van der Waals surface area (Å²) in [7, 11) is 0. The predicted octanol–water partition coefficient (Wildman–Crippen LogP) is -0.721. The average Bonchev–Trinajstić information content (AvgIpc) is 2.68. The van der Waals surface area contributed by atoms with Gasteiger partial charge in [0, 0.05) is 25.5 Å². The fourth-order valence-corrected chi connectivity index (χ4v) is 3.02. The van der Waals surface area contributed by atoms with Gasteiger partial charge in [0.1, 0.15) is 30.6 Å². The minimum Gasteiger partial charge on any atom is -0.394 e. The SMILES string of the molecule is OCC1OC(N(Cc2ccccn2)Cc2ccccn2)C(O)C(O)C1O. The molecule has 2 aromatic rings. The Morgan fingerprint density at radius 1 is 0.846 bits per heavy atom. The van der Waals surface area contributed by atoms with Gasteiger partial charge in [0.15, 0.2) is 0 Å². The van der Waals surface area contributed by atoms with Crippen molar-refractivity contribution in [3.63, 3.8) is 0 Å². The van der Waals surface area contributed by atoms with Gasteiger partial charge in [0.05, 0.1) is 18.0 Å². The third-order valence-electron chi connectivity index (χ3n) is 4.41. The second-order valence-corrected chi connectivity index (χ2v) is 6.27. The standard InChI is InChI=1S/C18H23N3O5/c22-11-14-15(23)16(24)17(25)18(26-14)21(9-12-5-1-3-7-19-12)10-13-6-2-4-8-20-13/h1-8,14-18,22-25H,9-11H2. The molecule has 0 bridgehead atoms. The topological polar surface area (TPSA) is 119 Å². The minimum absolute atomic E-state index is 0.333. The van der Waals surface area contributed by atoms with Gasteiger partial charge in [-0.05, 0) is 24.3 Å². The van der Waals surface area contributed by atoms with E-state index in [1.807, 2.05) is 24.3 Å². The molecule has 5 unspecified atom stereocenters. The lowest BCUT2D eigenvalue weighted by Gasteiger charge is -2.44. The molecule has 1 aliphatic rings. The molecule has 1 aliphatic heterocycles. The fourth-order valence-electron chi connectivity index (χ4n) is 3.02. The lowest BCUT2D eigenvalue weighted by Crippen LogP contribution is -2.62. The molecule has 0 saturated carbocycles. The summed E-state index contributed by atoms with van der Waals surface area (Å²) in [6.45, 7) is 0.197. The summed E-state index contributed by atoms with van der Waals surface area (Å²) in [6.07, 6.45) is -2.73. The van der Waals surface area contributed by atoms with E-state index in [0.29, 0.717) is 13.1 Å². The molecule has 1 fully saturated rings. The Morgan fingerprint density at radius 3 is 1.88 bits per heavy atom. The molecule has 0 aliphatic carbocycles. The molecule has 0 radical (unpaired) electrons. The van der Waals surface area contributed by atoms with Crippen molar-refractivity contribution in [1.82, 2.24) is 14.9 Å². The highest BCUT2D eigenvalue weighted by Gasteiger charge is 2.45. The number of hydrogen-bond donors (Lipinski definition) is 4. The number of aliphatic hydroxyl groups excluding tert-OH is 4. The molecule has 0 amide bonds. The maximum Gasteiger partial charge on any atom is 0.140 e. The van der Waals surface area contributed by atoms with Crippen LogP contribution in [-0.2, 0) is 17.8 Å². The molecule has 3 heterocycles. The van der Waals surface area contributed by atoms with E-state index in [0.717, 1.165) is 11.4 Å². The van der Waals surface area contributed by atoms with Crippen molar-refractivity contribution in [2.75, 3.05) is 6.61 Å². The van der Waals surface area contributed by atoms with E-state index >= 15 is 0 Å². The largest absolute Gasteiger partial charge is 0.394 e. The summed E-state index contributed by atoms with van der Waals surface area (Å²) in [4.78, 5) is 10.4. The Balaban J connectivity index is 1.85. The summed E-state index contributed by atoms with van der Waals surface area (Å²) < 4.78 is 5.70.